The number of aryl methyl sites for hydroxylation is 2. The monoisotopic (exact) mass is 243 g/mol. The number of halogens is 1. The Labute approximate surface area is 106 Å². The zero-order valence-electron chi connectivity index (χ0n) is 10.6. The Morgan fingerprint density at radius 3 is 2.33 bits per heavy atom. The van der Waals surface area contributed by atoms with Crippen LogP contribution in [0.1, 0.15) is 17.0 Å². The van der Waals surface area contributed by atoms with E-state index in [4.69, 9.17) is 5.26 Å². The minimum Gasteiger partial charge on any atom is -0.283 e. The molecule has 1 heterocycles. The number of benzene rings is 1. The maximum Gasteiger partial charge on any atom is 0.143 e. The SMILES string of the molecule is Cc1ccc(C)n1N(C)c1cccc(F)c1C#N. The number of hydrogen-bond donors (Lipinski definition) is 0. The van der Waals surface area contributed by atoms with Gasteiger partial charge < -0.3 is 0 Å². The van der Waals surface area contributed by atoms with Crippen molar-refractivity contribution in [1.82, 2.24) is 4.68 Å². The van der Waals surface area contributed by atoms with Crippen LogP contribution in [0.25, 0.3) is 0 Å². The molecule has 1 aromatic heterocycles. The summed E-state index contributed by atoms with van der Waals surface area (Å²) in [6, 6.07) is 10.5. The van der Waals surface area contributed by atoms with Crippen LogP contribution in [-0.4, -0.2) is 11.7 Å². The molecule has 0 amide bonds. The molecule has 92 valence electrons. The van der Waals surface area contributed by atoms with Crippen LogP contribution in [0, 0.1) is 31.0 Å². The van der Waals surface area contributed by atoms with Crippen molar-refractivity contribution in [3.63, 3.8) is 0 Å². The van der Waals surface area contributed by atoms with Crippen molar-refractivity contribution < 1.29 is 4.39 Å². The zero-order valence-corrected chi connectivity index (χ0v) is 10.6. The van der Waals surface area contributed by atoms with E-state index in [1.54, 1.807) is 17.1 Å². The molecular weight excluding hydrogens is 229 g/mol. The normalized spacial score (nSPS) is 10.2. The van der Waals surface area contributed by atoms with E-state index >= 15 is 0 Å². The Morgan fingerprint density at radius 1 is 1.17 bits per heavy atom. The lowest BCUT2D eigenvalue weighted by Gasteiger charge is -2.25. The van der Waals surface area contributed by atoms with E-state index in [0.717, 1.165) is 11.4 Å². The van der Waals surface area contributed by atoms with Crippen molar-refractivity contribution in [3.05, 3.63) is 53.1 Å². The van der Waals surface area contributed by atoms with E-state index in [9.17, 15) is 4.39 Å². The van der Waals surface area contributed by atoms with Gasteiger partial charge in [0.1, 0.15) is 17.4 Å². The van der Waals surface area contributed by atoms with Crippen LogP contribution < -0.4 is 5.01 Å². The molecule has 0 radical (unpaired) electrons. The summed E-state index contributed by atoms with van der Waals surface area (Å²) in [5.41, 5.74) is 2.68. The highest BCUT2D eigenvalue weighted by molar-refractivity contribution is 5.59. The summed E-state index contributed by atoms with van der Waals surface area (Å²) < 4.78 is 15.5. The molecule has 3 nitrogen and oxygen atoms in total. The first kappa shape index (κ1) is 12.2. The summed E-state index contributed by atoms with van der Waals surface area (Å²) >= 11 is 0. The van der Waals surface area contributed by atoms with Crippen molar-refractivity contribution in [2.75, 3.05) is 12.1 Å². The molecule has 18 heavy (non-hydrogen) atoms. The molecule has 0 aliphatic rings. The topological polar surface area (TPSA) is 32.0 Å². The third-order valence-corrected chi connectivity index (χ3v) is 2.99. The maximum absolute atomic E-state index is 13.6. The number of aromatic nitrogens is 1. The molecule has 4 heteroatoms. The first-order chi connectivity index (χ1) is 8.56. The molecule has 0 aliphatic heterocycles. The average Bonchev–Trinajstić information content (AvgIpc) is 2.68. The Kier molecular flexibility index (Phi) is 3.07. The molecule has 0 atom stereocenters. The van der Waals surface area contributed by atoms with Gasteiger partial charge in [0, 0.05) is 18.4 Å². The molecule has 0 bridgehead atoms. The van der Waals surface area contributed by atoms with Crippen molar-refractivity contribution in [1.29, 1.82) is 5.26 Å². The summed E-state index contributed by atoms with van der Waals surface area (Å²) in [4.78, 5) is 0. The van der Waals surface area contributed by atoms with Gasteiger partial charge in [-0.2, -0.15) is 5.26 Å². The van der Waals surface area contributed by atoms with Crippen molar-refractivity contribution >= 4 is 5.69 Å². The largest absolute Gasteiger partial charge is 0.283 e. The Morgan fingerprint density at radius 2 is 1.78 bits per heavy atom. The summed E-state index contributed by atoms with van der Waals surface area (Å²) in [6.45, 7) is 3.93. The standard InChI is InChI=1S/C14H14FN3/c1-10-7-8-11(2)18(10)17(3)14-6-4-5-13(15)12(14)9-16/h4-8H,1-3H3. The van der Waals surface area contributed by atoms with Crippen LogP contribution in [0.15, 0.2) is 30.3 Å². The first-order valence-corrected chi connectivity index (χ1v) is 5.64. The third-order valence-electron chi connectivity index (χ3n) is 2.99. The van der Waals surface area contributed by atoms with Crippen LogP contribution in [0.3, 0.4) is 0 Å². The molecule has 0 aliphatic carbocycles. The molecule has 0 unspecified atom stereocenters. The van der Waals surface area contributed by atoms with E-state index < -0.39 is 5.82 Å². The molecule has 0 saturated heterocycles. The highest BCUT2D eigenvalue weighted by Gasteiger charge is 2.14. The average molecular weight is 243 g/mol. The van der Waals surface area contributed by atoms with Crippen LogP contribution in [0.5, 0.6) is 0 Å². The summed E-state index contributed by atoms with van der Waals surface area (Å²) in [5.74, 6) is -0.496. The van der Waals surface area contributed by atoms with E-state index in [2.05, 4.69) is 0 Å². The Bertz CT molecular complexity index is 603. The number of hydrogen-bond acceptors (Lipinski definition) is 2. The van der Waals surface area contributed by atoms with E-state index in [0.29, 0.717) is 5.69 Å². The van der Waals surface area contributed by atoms with Crippen LogP contribution in [0.4, 0.5) is 10.1 Å². The van der Waals surface area contributed by atoms with Gasteiger partial charge in [0.25, 0.3) is 0 Å². The molecule has 2 rings (SSSR count). The highest BCUT2D eigenvalue weighted by Crippen LogP contribution is 2.23. The predicted molar refractivity (Wildman–Crippen MR) is 68.8 cm³/mol. The second-order valence-corrected chi connectivity index (χ2v) is 4.20. The van der Waals surface area contributed by atoms with Crippen molar-refractivity contribution in [2.24, 2.45) is 0 Å². The number of nitriles is 1. The van der Waals surface area contributed by atoms with Crippen LogP contribution in [0.2, 0.25) is 0 Å². The van der Waals surface area contributed by atoms with Crippen LogP contribution >= 0.6 is 0 Å². The molecule has 0 fully saturated rings. The molecule has 0 saturated carbocycles. The van der Waals surface area contributed by atoms with Crippen LogP contribution in [-0.2, 0) is 0 Å². The number of nitrogens with zero attached hydrogens (tertiary/aromatic N) is 3. The van der Waals surface area contributed by atoms with Crippen molar-refractivity contribution in [2.45, 2.75) is 13.8 Å². The van der Waals surface area contributed by atoms with Gasteiger partial charge >= 0.3 is 0 Å². The van der Waals surface area contributed by atoms with E-state index in [1.165, 1.54) is 6.07 Å². The predicted octanol–water partition coefficient (Wildman–Crippen LogP) is 3.02. The van der Waals surface area contributed by atoms with Gasteiger partial charge in [-0.15, -0.1) is 0 Å². The van der Waals surface area contributed by atoms with Gasteiger partial charge in [0.15, 0.2) is 0 Å². The fraction of sp³-hybridized carbons (Fsp3) is 0.214. The van der Waals surface area contributed by atoms with Gasteiger partial charge in [0.2, 0.25) is 0 Å². The smallest absolute Gasteiger partial charge is 0.143 e. The summed E-state index contributed by atoms with van der Waals surface area (Å²) in [7, 11) is 1.82. The third kappa shape index (κ3) is 1.84. The lowest BCUT2D eigenvalue weighted by molar-refractivity contribution is 0.620. The van der Waals surface area contributed by atoms with Gasteiger partial charge in [0.05, 0.1) is 5.69 Å². The van der Waals surface area contributed by atoms with Crippen molar-refractivity contribution in [3.8, 4) is 6.07 Å². The Balaban J connectivity index is 2.57. The molecule has 1 aromatic carbocycles. The fourth-order valence-corrected chi connectivity index (χ4v) is 2.13. The fourth-order valence-electron chi connectivity index (χ4n) is 2.13. The number of anilines is 1. The highest BCUT2D eigenvalue weighted by atomic mass is 19.1. The minimum absolute atomic E-state index is 0.0625. The molecular formula is C14H14FN3. The molecule has 0 N–H and O–H groups in total. The minimum atomic E-state index is -0.496. The van der Waals surface area contributed by atoms with Gasteiger partial charge in [-0.1, -0.05) is 6.07 Å². The van der Waals surface area contributed by atoms with Gasteiger partial charge in [-0.05, 0) is 38.1 Å². The van der Waals surface area contributed by atoms with E-state index in [1.807, 2.05) is 43.8 Å². The summed E-state index contributed by atoms with van der Waals surface area (Å²) in [5, 5.41) is 10.8. The molecule has 2 aromatic rings. The second kappa shape index (κ2) is 4.53. The lowest BCUT2D eigenvalue weighted by atomic mass is 10.2. The quantitative estimate of drug-likeness (QED) is 0.812. The first-order valence-electron chi connectivity index (χ1n) is 5.64. The second-order valence-electron chi connectivity index (χ2n) is 4.20. The van der Waals surface area contributed by atoms with Gasteiger partial charge in [-0.25, -0.2) is 4.39 Å². The Hall–Kier alpha value is -2.28. The van der Waals surface area contributed by atoms with E-state index in [-0.39, 0.29) is 5.56 Å². The zero-order chi connectivity index (χ0) is 13.3. The lowest BCUT2D eigenvalue weighted by Crippen LogP contribution is -2.27. The number of rotatable bonds is 2. The maximum atomic E-state index is 13.6. The van der Waals surface area contributed by atoms with Gasteiger partial charge in [-0.3, -0.25) is 9.69 Å². The summed E-state index contributed by atoms with van der Waals surface area (Å²) in [6.07, 6.45) is 0. The molecule has 0 spiro atoms.